The summed E-state index contributed by atoms with van der Waals surface area (Å²) in [6.45, 7) is 2.04. The highest BCUT2D eigenvalue weighted by Crippen LogP contribution is 2.15. The summed E-state index contributed by atoms with van der Waals surface area (Å²) in [5, 5.41) is 6.27. The minimum atomic E-state index is 0.00725. The second-order valence-electron chi connectivity index (χ2n) is 4.77. The Balaban J connectivity index is 2.08. The monoisotopic (exact) mass is 319 g/mol. The van der Waals surface area contributed by atoms with Gasteiger partial charge in [-0.1, -0.05) is 46.3 Å². The molecule has 1 N–H and O–H groups in total. The highest BCUT2D eigenvalue weighted by atomic mass is 79.9. The van der Waals surface area contributed by atoms with Gasteiger partial charge in [0.25, 0.3) is 5.91 Å². The van der Waals surface area contributed by atoms with Crippen LogP contribution in [-0.4, -0.2) is 17.3 Å². The lowest BCUT2D eigenvalue weighted by Gasteiger charge is -2.13. The quantitative estimate of drug-likeness (QED) is 0.825. The van der Waals surface area contributed by atoms with Crippen molar-refractivity contribution in [1.82, 2.24) is 5.32 Å². The van der Waals surface area contributed by atoms with Crippen molar-refractivity contribution in [2.75, 3.05) is 5.33 Å². The molecule has 0 heterocycles. The SMILES string of the molecule is CC(CCCBr)NC(=O)c1ccc2ccccc2c1. The number of benzene rings is 2. The summed E-state index contributed by atoms with van der Waals surface area (Å²) < 4.78 is 0. The molecule has 0 radical (unpaired) electrons. The van der Waals surface area contributed by atoms with E-state index in [2.05, 4.69) is 27.3 Å². The fourth-order valence-corrected chi connectivity index (χ4v) is 2.42. The van der Waals surface area contributed by atoms with Crippen LogP contribution in [0.4, 0.5) is 0 Å². The highest BCUT2D eigenvalue weighted by Gasteiger charge is 2.09. The van der Waals surface area contributed by atoms with Gasteiger partial charge in [0, 0.05) is 16.9 Å². The molecule has 0 aliphatic rings. The number of nitrogens with one attached hydrogen (secondary N) is 1. The topological polar surface area (TPSA) is 29.1 Å². The molecule has 0 aliphatic carbocycles. The number of hydrogen-bond acceptors (Lipinski definition) is 1. The van der Waals surface area contributed by atoms with Crippen LogP contribution in [0, 0.1) is 0 Å². The van der Waals surface area contributed by atoms with E-state index in [4.69, 9.17) is 0 Å². The van der Waals surface area contributed by atoms with Gasteiger partial charge in [0.2, 0.25) is 0 Å². The molecule has 1 amide bonds. The highest BCUT2D eigenvalue weighted by molar-refractivity contribution is 9.09. The van der Waals surface area contributed by atoms with Crippen molar-refractivity contribution in [2.24, 2.45) is 0 Å². The predicted octanol–water partition coefficient (Wildman–Crippen LogP) is 4.13. The van der Waals surface area contributed by atoms with Crippen LogP contribution in [0.15, 0.2) is 42.5 Å². The number of carbonyl (C=O) groups is 1. The van der Waals surface area contributed by atoms with E-state index in [0.29, 0.717) is 0 Å². The van der Waals surface area contributed by atoms with Crippen molar-refractivity contribution in [3.63, 3.8) is 0 Å². The largest absolute Gasteiger partial charge is 0.350 e. The van der Waals surface area contributed by atoms with Gasteiger partial charge >= 0.3 is 0 Å². The van der Waals surface area contributed by atoms with Crippen LogP contribution >= 0.6 is 15.9 Å². The van der Waals surface area contributed by atoms with Crippen molar-refractivity contribution >= 4 is 32.6 Å². The Morgan fingerprint density at radius 2 is 1.95 bits per heavy atom. The zero-order valence-corrected chi connectivity index (χ0v) is 12.6. The van der Waals surface area contributed by atoms with Gasteiger partial charge in [0.05, 0.1) is 0 Å². The molecule has 1 atom stereocenters. The molecule has 2 rings (SSSR count). The van der Waals surface area contributed by atoms with E-state index in [-0.39, 0.29) is 11.9 Å². The molecule has 3 heteroatoms. The van der Waals surface area contributed by atoms with Crippen LogP contribution in [-0.2, 0) is 0 Å². The first-order valence-electron chi connectivity index (χ1n) is 6.56. The molecule has 19 heavy (non-hydrogen) atoms. The smallest absolute Gasteiger partial charge is 0.251 e. The molecule has 0 spiro atoms. The Morgan fingerprint density at radius 1 is 1.21 bits per heavy atom. The molecule has 1 unspecified atom stereocenters. The minimum absolute atomic E-state index is 0.00725. The predicted molar refractivity (Wildman–Crippen MR) is 83.9 cm³/mol. The molecule has 0 bridgehead atoms. The van der Waals surface area contributed by atoms with Gasteiger partial charge < -0.3 is 5.32 Å². The second-order valence-corrected chi connectivity index (χ2v) is 5.56. The Bertz CT molecular complexity index is 567. The summed E-state index contributed by atoms with van der Waals surface area (Å²) in [4.78, 5) is 12.1. The van der Waals surface area contributed by atoms with E-state index in [1.165, 1.54) is 0 Å². The Morgan fingerprint density at radius 3 is 2.68 bits per heavy atom. The van der Waals surface area contributed by atoms with Crippen molar-refractivity contribution in [3.05, 3.63) is 48.0 Å². The van der Waals surface area contributed by atoms with Gasteiger partial charge in [-0.25, -0.2) is 0 Å². The molecule has 2 nitrogen and oxygen atoms in total. The molecule has 2 aromatic rings. The molecule has 0 aromatic heterocycles. The molecule has 100 valence electrons. The van der Waals surface area contributed by atoms with E-state index >= 15 is 0 Å². The first kappa shape index (κ1) is 14.1. The molecule has 0 fully saturated rings. The Hall–Kier alpha value is -1.35. The second kappa shape index (κ2) is 6.71. The minimum Gasteiger partial charge on any atom is -0.350 e. The van der Waals surface area contributed by atoms with E-state index in [9.17, 15) is 4.79 Å². The maximum absolute atomic E-state index is 12.1. The van der Waals surface area contributed by atoms with E-state index in [0.717, 1.165) is 34.5 Å². The van der Waals surface area contributed by atoms with Crippen molar-refractivity contribution in [2.45, 2.75) is 25.8 Å². The molecule has 0 saturated carbocycles. The van der Waals surface area contributed by atoms with Crippen LogP contribution in [0.5, 0.6) is 0 Å². The van der Waals surface area contributed by atoms with E-state index in [1.807, 2.05) is 43.3 Å². The van der Waals surface area contributed by atoms with Crippen molar-refractivity contribution in [1.29, 1.82) is 0 Å². The first-order valence-corrected chi connectivity index (χ1v) is 7.68. The first-order chi connectivity index (χ1) is 9.20. The number of halogens is 1. The van der Waals surface area contributed by atoms with Gasteiger partial charge in [0.1, 0.15) is 0 Å². The third-order valence-electron chi connectivity index (χ3n) is 3.16. The van der Waals surface area contributed by atoms with Crippen molar-refractivity contribution < 1.29 is 4.79 Å². The lowest BCUT2D eigenvalue weighted by Crippen LogP contribution is -2.32. The standard InChI is InChI=1S/C16H18BrNO/c1-12(5-4-10-17)18-16(19)15-9-8-13-6-2-3-7-14(13)11-15/h2-3,6-9,11-12H,4-5,10H2,1H3,(H,18,19). The molecule has 0 saturated heterocycles. The van der Waals surface area contributed by atoms with Crippen LogP contribution in [0.2, 0.25) is 0 Å². The number of carbonyl (C=O) groups excluding carboxylic acids is 1. The van der Waals surface area contributed by atoms with E-state index < -0.39 is 0 Å². The average Bonchev–Trinajstić information content (AvgIpc) is 2.44. The Labute approximate surface area is 122 Å². The lowest BCUT2D eigenvalue weighted by atomic mass is 10.1. The maximum atomic E-state index is 12.1. The zero-order valence-electron chi connectivity index (χ0n) is 11.0. The third kappa shape index (κ3) is 3.80. The summed E-state index contributed by atoms with van der Waals surface area (Å²) in [5.74, 6) is 0.00725. The number of alkyl halides is 1. The summed E-state index contributed by atoms with van der Waals surface area (Å²) in [6, 6.07) is 14.1. The Kier molecular flexibility index (Phi) is 4.97. The lowest BCUT2D eigenvalue weighted by molar-refractivity contribution is 0.0938. The number of amides is 1. The number of rotatable bonds is 5. The number of hydrogen-bond donors (Lipinski definition) is 1. The average molecular weight is 320 g/mol. The third-order valence-corrected chi connectivity index (χ3v) is 3.72. The maximum Gasteiger partial charge on any atom is 0.251 e. The van der Waals surface area contributed by atoms with Gasteiger partial charge in [-0.3, -0.25) is 4.79 Å². The van der Waals surface area contributed by atoms with Crippen LogP contribution in [0.1, 0.15) is 30.1 Å². The van der Waals surface area contributed by atoms with Crippen LogP contribution in [0.25, 0.3) is 10.8 Å². The summed E-state index contributed by atoms with van der Waals surface area (Å²) in [5.41, 5.74) is 0.726. The number of fused-ring (bicyclic) bond motifs is 1. The summed E-state index contributed by atoms with van der Waals surface area (Å²) in [7, 11) is 0. The van der Waals surface area contributed by atoms with Gasteiger partial charge in [0.15, 0.2) is 0 Å². The van der Waals surface area contributed by atoms with Gasteiger partial charge in [-0.15, -0.1) is 0 Å². The van der Waals surface area contributed by atoms with Crippen LogP contribution < -0.4 is 5.32 Å². The molecular weight excluding hydrogens is 302 g/mol. The van der Waals surface area contributed by atoms with Crippen LogP contribution in [0.3, 0.4) is 0 Å². The normalized spacial score (nSPS) is 12.3. The van der Waals surface area contributed by atoms with Gasteiger partial charge in [-0.2, -0.15) is 0 Å². The van der Waals surface area contributed by atoms with Gasteiger partial charge in [-0.05, 0) is 42.7 Å². The molecule has 0 aliphatic heterocycles. The molecule has 2 aromatic carbocycles. The fraction of sp³-hybridized carbons (Fsp3) is 0.312. The summed E-state index contributed by atoms with van der Waals surface area (Å²) in [6.07, 6.45) is 2.06. The van der Waals surface area contributed by atoms with Crippen molar-refractivity contribution in [3.8, 4) is 0 Å². The summed E-state index contributed by atoms with van der Waals surface area (Å²) >= 11 is 3.40. The zero-order chi connectivity index (χ0) is 13.7. The fourth-order valence-electron chi connectivity index (χ4n) is 2.09. The van der Waals surface area contributed by atoms with E-state index in [1.54, 1.807) is 0 Å². The molecular formula is C16H18BrNO.